The van der Waals surface area contributed by atoms with Gasteiger partial charge >= 0.3 is 6.18 Å². The molecule has 2 aromatic rings. The van der Waals surface area contributed by atoms with Gasteiger partial charge in [-0.1, -0.05) is 18.2 Å². The Hall–Kier alpha value is -2.67. The summed E-state index contributed by atoms with van der Waals surface area (Å²) in [6.45, 7) is 5.80. The van der Waals surface area contributed by atoms with E-state index in [1.807, 2.05) is 11.0 Å². The van der Waals surface area contributed by atoms with Crippen molar-refractivity contribution in [3.05, 3.63) is 66.6 Å². The largest absolute Gasteiger partial charge is 0.442 e. The summed E-state index contributed by atoms with van der Waals surface area (Å²) in [4.78, 5) is 1.87. The van der Waals surface area contributed by atoms with E-state index in [-0.39, 0.29) is 11.6 Å². The van der Waals surface area contributed by atoms with Gasteiger partial charge in [0.15, 0.2) is 5.88 Å². The van der Waals surface area contributed by atoms with E-state index < -0.39 is 11.7 Å². The van der Waals surface area contributed by atoms with E-state index in [2.05, 4.69) is 11.9 Å². The lowest BCUT2D eigenvalue weighted by Crippen LogP contribution is -2.36. The first-order valence-corrected chi connectivity index (χ1v) is 8.15. The van der Waals surface area contributed by atoms with Gasteiger partial charge in [-0.3, -0.25) is 0 Å². The third-order valence-corrected chi connectivity index (χ3v) is 3.89. The second-order valence-corrected chi connectivity index (χ2v) is 5.83. The van der Waals surface area contributed by atoms with Crippen molar-refractivity contribution in [3.63, 3.8) is 0 Å². The molecule has 2 aromatic carbocycles. The summed E-state index contributed by atoms with van der Waals surface area (Å²) in [5, 5.41) is 2.81. The van der Waals surface area contributed by atoms with Crippen molar-refractivity contribution in [2.75, 3.05) is 36.5 Å². The zero-order chi connectivity index (χ0) is 18.6. The molecule has 0 amide bonds. The molecule has 7 heteroatoms. The monoisotopic (exact) mass is 364 g/mol. The van der Waals surface area contributed by atoms with E-state index in [0.717, 1.165) is 12.1 Å². The quantitative estimate of drug-likeness (QED) is 0.792. The highest BCUT2D eigenvalue weighted by Crippen LogP contribution is 2.35. The highest BCUT2D eigenvalue weighted by Gasteiger charge is 2.32. The van der Waals surface area contributed by atoms with Gasteiger partial charge in [0, 0.05) is 24.5 Å². The van der Waals surface area contributed by atoms with Crippen molar-refractivity contribution in [1.82, 2.24) is 0 Å². The van der Waals surface area contributed by atoms with E-state index in [0.29, 0.717) is 37.7 Å². The number of anilines is 2. The van der Waals surface area contributed by atoms with E-state index >= 15 is 0 Å². The van der Waals surface area contributed by atoms with Crippen molar-refractivity contribution >= 4 is 11.4 Å². The minimum absolute atomic E-state index is 0.142. The molecule has 0 bridgehead atoms. The Bertz CT molecular complexity index is 757. The van der Waals surface area contributed by atoms with Gasteiger partial charge in [0.05, 0.1) is 18.8 Å². The molecule has 1 aliphatic rings. The molecule has 138 valence electrons. The second kappa shape index (κ2) is 7.70. The molecule has 3 rings (SSSR count). The summed E-state index contributed by atoms with van der Waals surface area (Å²) < 4.78 is 50.6. The zero-order valence-corrected chi connectivity index (χ0v) is 14.1. The number of halogens is 3. The molecule has 0 saturated carbocycles. The Kier molecular flexibility index (Phi) is 5.37. The number of ether oxygens (including phenoxy) is 2. The minimum atomic E-state index is -4.44. The van der Waals surface area contributed by atoms with Gasteiger partial charge in [0.1, 0.15) is 5.75 Å². The summed E-state index contributed by atoms with van der Waals surface area (Å²) in [5.41, 5.74) is 0.0249. The van der Waals surface area contributed by atoms with Gasteiger partial charge in [0.2, 0.25) is 0 Å². The van der Waals surface area contributed by atoms with Crippen LogP contribution < -0.4 is 15.0 Å². The lowest BCUT2D eigenvalue weighted by Gasteiger charge is -2.30. The average molecular weight is 364 g/mol. The molecule has 1 N–H and O–H groups in total. The summed E-state index contributed by atoms with van der Waals surface area (Å²) in [5.74, 6) is 0.689. The van der Waals surface area contributed by atoms with Crippen LogP contribution in [0.5, 0.6) is 5.75 Å². The number of nitrogens with one attached hydrogen (secondary N) is 1. The van der Waals surface area contributed by atoms with Crippen LogP contribution in [0.25, 0.3) is 0 Å². The number of nitrogens with zero attached hydrogens (tertiary/aromatic N) is 1. The number of hydrogen-bond acceptors (Lipinski definition) is 4. The number of rotatable bonds is 5. The topological polar surface area (TPSA) is 33.7 Å². The third kappa shape index (κ3) is 4.70. The molecule has 0 aromatic heterocycles. The second-order valence-electron chi connectivity index (χ2n) is 5.83. The van der Waals surface area contributed by atoms with Crippen molar-refractivity contribution in [2.45, 2.75) is 6.18 Å². The Balaban J connectivity index is 1.81. The van der Waals surface area contributed by atoms with Crippen LogP contribution in [-0.2, 0) is 10.9 Å². The smallest absolute Gasteiger partial charge is 0.416 e. The number of benzene rings is 2. The van der Waals surface area contributed by atoms with E-state index in [1.165, 1.54) is 0 Å². The molecule has 4 nitrogen and oxygen atoms in total. The molecule has 26 heavy (non-hydrogen) atoms. The molecular weight excluding hydrogens is 345 g/mol. The molecule has 0 unspecified atom stereocenters. The predicted octanol–water partition coefficient (Wildman–Crippen LogP) is 4.50. The third-order valence-electron chi connectivity index (χ3n) is 3.89. The fraction of sp³-hybridized carbons (Fsp3) is 0.263. The maximum Gasteiger partial charge on any atom is 0.416 e. The molecule has 0 spiro atoms. The fourth-order valence-electron chi connectivity index (χ4n) is 2.67. The lowest BCUT2D eigenvalue weighted by atomic mass is 10.1. The van der Waals surface area contributed by atoms with E-state index in [4.69, 9.17) is 9.47 Å². The molecule has 1 saturated heterocycles. The van der Waals surface area contributed by atoms with Crippen LogP contribution in [0.1, 0.15) is 5.56 Å². The SMILES string of the molecule is C=C(Nc1cc(N2CCOCC2)cc(C(F)(F)F)c1)Oc1ccccc1. The number of para-hydroxylation sites is 1. The summed E-state index contributed by atoms with van der Waals surface area (Å²) in [6, 6.07) is 12.7. The maximum absolute atomic E-state index is 13.3. The highest BCUT2D eigenvalue weighted by molar-refractivity contribution is 5.62. The van der Waals surface area contributed by atoms with E-state index in [1.54, 1.807) is 30.3 Å². The molecule has 0 atom stereocenters. The van der Waals surface area contributed by atoms with Gasteiger partial charge in [0.25, 0.3) is 0 Å². The van der Waals surface area contributed by atoms with Crippen molar-refractivity contribution in [1.29, 1.82) is 0 Å². The number of hydrogen-bond donors (Lipinski definition) is 1. The van der Waals surface area contributed by atoms with Crippen LogP contribution in [0.3, 0.4) is 0 Å². The Morgan fingerprint density at radius 2 is 1.77 bits per heavy atom. The number of alkyl halides is 3. The molecule has 1 fully saturated rings. The van der Waals surface area contributed by atoms with Gasteiger partial charge in [-0.2, -0.15) is 13.2 Å². The van der Waals surface area contributed by atoms with Crippen LogP contribution in [0, 0.1) is 0 Å². The lowest BCUT2D eigenvalue weighted by molar-refractivity contribution is -0.137. The maximum atomic E-state index is 13.3. The standard InChI is InChI=1S/C19H19F3N2O2/c1-14(26-18-5-3-2-4-6-18)23-16-11-15(19(20,21)22)12-17(13-16)24-7-9-25-10-8-24/h2-6,11-13,23H,1,7-10H2. The van der Waals surface area contributed by atoms with Crippen LogP contribution in [0.4, 0.5) is 24.5 Å². The summed E-state index contributed by atoms with van der Waals surface area (Å²) in [6.07, 6.45) is -4.44. The predicted molar refractivity (Wildman–Crippen MR) is 94.3 cm³/mol. The average Bonchev–Trinajstić information content (AvgIpc) is 2.62. The first-order valence-electron chi connectivity index (χ1n) is 8.15. The van der Waals surface area contributed by atoms with Crippen LogP contribution in [0.2, 0.25) is 0 Å². The minimum Gasteiger partial charge on any atom is -0.442 e. The van der Waals surface area contributed by atoms with Crippen molar-refractivity contribution < 1.29 is 22.6 Å². The first-order chi connectivity index (χ1) is 12.4. The Morgan fingerprint density at radius 1 is 1.08 bits per heavy atom. The zero-order valence-electron chi connectivity index (χ0n) is 14.1. The van der Waals surface area contributed by atoms with Crippen LogP contribution in [0.15, 0.2) is 61.0 Å². The van der Waals surface area contributed by atoms with Crippen LogP contribution in [-0.4, -0.2) is 26.3 Å². The normalized spacial score (nSPS) is 14.8. The summed E-state index contributed by atoms with van der Waals surface area (Å²) in [7, 11) is 0. The van der Waals surface area contributed by atoms with Crippen molar-refractivity contribution in [2.24, 2.45) is 0 Å². The molecule has 1 aliphatic heterocycles. The Morgan fingerprint density at radius 3 is 2.42 bits per heavy atom. The number of morpholine rings is 1. The van der Waals surface area contributed by atoms with Crippen LogP contribution >= 0.6 is 0 Å². The van der Waals surface area contributed by atoms with Crippen molar-refractivity contribution in [3.8, 4) is 5.75 Å². The van der Waals surface area contributed by atoms with Gasteiger partial charge in [-0.25, -0.2) is 0 Å². The molecular formula is C19H19F3N2O2. The fourth-order valence-corrected chi connectivity index (χ4v) is 2.67. The van der Waals surface area contributed by atoms with Gasteiger partial charge in [-0.05, 0) is 36.9 Å². The molecule has 1 heterocycles. The van der Waals surface area contributed by atoms with E-state index in [9.17, 15) is 13.2 Å². The van der Waals surface area contributed by atoms with Gasteiger partial charge < -0.3 is 19.7 Å². The van der Waals surface area contributed by atoms with Gasteiger partial charge in [-0.15, -0.1) is 0 Å². The molecule has 0 radical (unpaired) electrons. The first kappa shape index (κ1) is 18.1. The summed E-state index contributed by atoms with van der Waals surface area (Å²) >= 11 is 0. The Labute approximate surface area is 149 Å². The molecule has 0 aliphatic carbocycles. The highest BCUT2D eigenvalue weighted by atomic mass is 19.4.